The van der Waals surface area contributed by atoms with Gasteiger partial charge in [-0.2, -0.15) is 0 Å². The zero-order chi connectivity index (χ0) is 10.7. The van der Waals surface area contributed by atoms with Crippen molar-refractivity contribution in [3.8, 4) is 0 Å². The van der Waals surface area contributed by atoms with Gasteiger partial charge in [-0.1, -0.05) is 23.8 Å². The van der Waals surface area contributed by atoms with Crippen LogP contribution in [0.25, 0.3) is 0 Å². The van der Waals surface area contributed by atoms with Crippen molar-refractivity contribution < 1.29 is 4.79 Å². The highest BCUT2D eigenvalue weighted by molar-refractivity contribution is 5.85. The number of aryl methyl sites for hydroxylation is 2. The first-order chi connectivity index (χ1) is 6.50. The first-order valence-corrected chi connectivity index (χ1v) is 4.85. The normalized spacial score (nSPS) is 12.6. The van der Waals surface area contributed by atoms with E-state index in [0.29, 0.717) is 6.42 Å². The van der Waals surface area contributed by atoms with Gasteiger partial charge in [-0.3, -0.25) is 4.79 Å². The third-order valence-electron chi connectivity index (χ3n) is 2.38. The van der Waals surface area contributed by atoms with Gasteiger partial charge in [-0.25, -0.2) is 0 Å². The molecule has 0 radical (unpaired) electrons. The van der Waals surface area contributed by atoms with Crippen LogP contribution < -0.4 is 5.73 Å². The molecule has 0 fully saturated rings. The maximum Gasteiger partial charge on any atom is 0.153 e. The summed E-state index contributed by atoms with van der Waals surface area (Å²) in [7, 11) is 0. The monoisotopic (exact) mass is 191 g/mol. The number of carbonyl (C=O) groups excluding carboxylic acids is 1. The van der Waals surface area contributed by atoms with Crippen LogP contribution in [0.1, 0.15) is 23.6 Å². The summed E-state index contributed by atoms with van der Waals surface area (Å²) < 4.78 is 0. The van der Waals surface area contributed by atoms with Crippen LogP contribution in [0, 0.1) is 13.8 Å². The SMILES string of the molecule is Cc1ccc(C)c(CC(=O)C(C)N)c1. The molecule has 0 aliphatic carbocycles. The highest BCUT2D eigenvalue weighted by Crippen LogP contribution is 2.11. The molecule has 0 amide bonds. The molecule has 1 aromatic rings. The lowest BCUT2D eigenvalue weighted by atomic mass is 9.99. The summed E-state index contributed by atoms with van der Waals surface area (Å²) >= 11 is 0. The van der Waals surface area contributed by atoms with Gasteiger partial charge in [0.25, 0.3) is 0 Å². The highest BCUT2D eigenvalue weighted by atomic mass is 16.1. The van der Waals surface area contributed by atoms with E-state index in [9.17, 15) is 4.79 Å². The van der Waals surface area contributed by atoms with Crippen LogP contribution >= 0.6 is 0 Å². The van der Waals surface area contributed by atoms with Crippen molar-refractivity contribution in [2.75, 3.05) is 0 Å². The van der Waals surface area contributed by atoms with Gasteiger partial charge in [0.05, 0.1) is 6.04 Å². The van der Waals surface area contributed by atoms with Crippen molar-refractivity contribution in [2.45, 2.75) is 33.2 Å². The molecule has 0 bridgehead atoms. The maximum absolute atomic E-state index is 11.5. The molecule has 0 heterocycles. The van der Waals surface area contributed by atoms with Crippen molar-refractivity contribution in [1.82, 2.24) is 0 Å². The highest BCUT2D eigenvalue weighted by Gasteiger charge is 2.10. The summed E-state index contributed by atoms with van der Waals surface area (Å²) in [4.78, 5) is 11.5. The molecule has 0 aliphatic heterocycles. The summed E-state index contributed by atoms with van der Waals surface area (Å²) in [6.45, 7) is 5.77. The summed E-state index contributed by atoms with van der Waals surface area (Å²) in [5.41, 5.74) is 8.95. The molecule has 1 atom stereocenters. The first kappa shape index (κ1) is 10.9. The first-order valence-electron chi connectivity index (χ1n) is 4.85. The molecule has 0 aliphatic rings. The average Bonchev–Trinajstić information content (AvgIpc) is 2.11. The van der Waals surface area contributed by atoms with Crippen LogP contribution in [-0.2, 0) is 11.2 Å². The predicted octanol–water partition coefficient (Wildman–Crippen LogP) is 1.76. The topological polar surface area (TPSA) is 43.1 Å². The zero-order valence-electron chi connectivity index (χ0n) is 9.00. The number of Topliss-reactive ketones (excluding diaryl/α,β-unsaturated/α-hetero) is 1. The second kappa shape index (κ2) is 4.38. The minimum atomic E-state index is -0.366. The van der Waals surface area contributed by atoms with Crippen LogP contribution in [0.2, 0.25) is 0 Å². The molecule has 0 saturated carbocycles. The molecule has 2 heteroatoms. The molecule has 0 spiro atoms. The number of rotatable bonds is 3. The molecule has 2 N–H and O–H groups in total. The van der Waals surface area contributed by atoms with E-state index >= 15 is 0 Å². The number of hydrogen-bond donors (Lipinski definition) is 1. The predicted molar refractivity (Wildman–Crippen MR) is 58.3 cm³/mol. The van der Waals surface area contributed by atoms with Crippen LogP contribution in [0.3, 0.4) is 0 Å². The van der Waals surface area contributed by atoms with Crippen LogP contribution in [0.5, 0.6) is 0 Å². The van der Waals surface area contributed by atoms with Crippen LogP contribution in [0.15, 0.2) is 18.2 Å². The third-order valence-corrected chi connectivity index (χ3v) is 2.38. The van der Waals surface area contributed by atoms with Crippen molar-refractivity contribution in [3.05, 3.63) is 34.9 Å². The Morgan fingerprint density at radius 3 is 2.64 bits per heavy atom. The minimum absolute atomic E-state index is 0.0960. The number of hydrogen-bond acceptors (Lipinski definition) is 2. The van der Waals surface area contributed by atoms with Gasteiger partial charge in [-0.15, -0.1) is 0 Å². The van der Waals surface area contributed by atoms with E-state index in [1.165, 1.54) is 5.56 Å². The Bertz CT molecular complexity index is 342. The van der Waals surface area contributed by atoms with Crippen molar-refractivity contribution in [3.63, 3.8) is 0 Å². The lowest BCUT2D eigenvalue weighted by Crippen LogP contribution is -2.28. The summed E-state index contributed by atoms with van der Waals surface area (Å²) in [6.07, 6.45) is 0.450. The molecule has 1 unspecified atom stereocenters. The van der Waals surface area contributed by atoms with E-state index < -0.39 is 0 Å². The largest absolute Gasteiger partial charge is 0.322 e. The van der Waals surface area contributed by atoms with Gasteiger partial charge in [0.2, 0.25) is 0 Å². The minimum Gasteiger partial charge on any atom is -0.322 e. The van der Waals surface area contributed by atoms with Gasteiger partial charge < -0.3 is 5.73 Å². The Morgan fingerprint density at radius 2 is 2.07 bits per heavy atom. The fraction of sp³-hybridized carbons (Fsp3) is 0.417. The van der Waals surface area contributed by atoms with Crippen LogP contribution in [-0.4, -0.2) is 11.8 Å². The van der Waals surface area contributed by atoms with Gasteiger partial charge in [-0.05, 0) is 31.9 Å². The summed E-state index contributed by atoms with van der Waals surface area (Å²) in [5, 5.41) is 0. The number of carbonyl (C=O) groups is 1. The molecule has 14 heavy (non-hydrogen) atoms. The van der Waals surface area contributed by atoms with Crippen LogP contribution in [0.4, 0.5) is 0 Å². The molecule has 2 nitrogen and oxygen atoms in total. The zero-order valence-corrected chi connectivity index (χ0v) is 9.00. The summed E-state index contributed by atoms with van der Waals surface area (Å²) in [6, 6.07) is 5.78. The van der Waals surface area contributed by atoms with E-state index in [-0.39, 0.29) is 11.8 Å². The van der Waals surface area contributed by atoms with E-state index in [1.54, 1.807) is 6.92 Å². The van der Waals surface area contributed by atoms with E-state index in [2.05, 4.69) is 12.1 Å². The van der Waals surface area contributed by atoms with Crippen molar-refractivity contribution in [2.24, 2.45) is 5.73 Å². The molecule has 76 valence electrons. The third kappa shape index (κ3) is 2.67. The Morgan fingerprint density at radius 1 is 1.43 bits per heavy atom. The second-order valence-electron chi connectivity index (χ2n) is 3.86. The van der Waals surface area contributed by atoms with Gasteiger partial charge in [0, 0.05) is 6.42 Å². The smallest absolute Gasteiger partial charge is 0.153 e. The van der Waals surface area contributed by atoms with E-state index in [4.69, 9.17) is 5.73 Å². The average molecular weight is 191 g/mol. The molecule has 0 saturated heterocycles. The molecular weight excluding hydrogens is 174 g/mol. The quantitative estimate of drug-likeness (QED) is 0.791. The lowest BCUT2D eigenvalue weighted by molar-refractivity contribution is -0.119. The van der Waals surface area contributed by atoms with Gasteiger partial charge in [0.1, 0.15) is 0 Å². The molecule has 1 aromatic carbocycles. The standard InChI is InChI=1S/C12H17NO/c1-8-4-5-9(2)11(6-8)7-12(14)10(3)13/h4-6,10H,7,13H2,1-3H3. The number of nitrogens with two attached hydrogens (primary N) is 1. The van der Waals surface area contributed by atoms with Crippen molar-refractivity contribution >= 4 is 5.78 Å². The lowest BCUT2D eigenvalue weighted by Gasteiger charge is -2.08. The number of benzene rings is 1. The van der Waals surface area contributed by atoms with E-state index in [0.717, 1.165) is 11.1 Å². The van der Waals surface area contributed by atoms with Gasteiger partial charge >= 0.3 is 0 Å². The maximum atomic E-state index is 11.5. The second-order valence-corrected chi connectivity index (χ2v) is 3.86. The Balaban J connectivity index is 2.86. The fourth-order valence-corrected chi connectivity index (χ4v) is 1.34. The summed E-state index contributed by atoms with van der Waals surface area (Å²) in [5.74, 6) is 0.0960. The van der Waals surface area contributed by atoms with Crippen molar-refractivity contribution in [1.29, 1.82) is 0 Å². The van der Waals surface area contributed by atoms with E-state index in [1.807, 2.05) is 19.9 Å². The number of ketones is 1. The molecule has 1 rings (SSSR count). The molecule has 0 aromatic heterocycles. The van der Waals surface area contributed by atoms with Gasteiger partial charge in [0.15, 0.2) is 5.78 Å². The Hall–Kier alpha value is -1.15. The fourth-order valence-electron chi connectivity index (χ4n) is 1.34. The Labute approximate surface area is 85.1 Å². The molecular formula is C12H17NO. The Kier molecular flexibility index (Phi) is 3.42.